The van der Waals surface area contributed by atoms with E-state index in [1.54, 1.807) is 0 Å². The summed E-state index contributed by atoms with van der Waals surface area (Å²) in [5.41, 5.74) is 3.99. The molecule has 0 aliphatic carbocycles. The van der Waals surface area contributed by atoms with E-state index in [0.29, 0.717) is 5.92 Å². The standard InChI is InChI=1S/C17H26N4/c1-14(9-18-2)17-7-5-15(6-8-17)11-20(3)12-16-10-19-21(4)13-16/h5-8,10,13-14,18H,9,11-12H2,1-4H3. The fourth-order valence-electron chi connectivity index (χ4n) is 2.61. The molecule has 0 bridgehead atoms. The number of rotatable bonds is 7. The van der Waals surface area contributed by atoms with E-state index in [1.165, 1.54) is 16.7 Å². The minimum absolute atomic E-state index is 0.553. The molecule has 2 aromatic rings. The summed E-state index contributed by atoms with van der Waals surface area (Å²) in [5, 5.41) is 7.44. The predicted molar refractivity (Wildman–Crippen MR) is 87.2 cm³/mol. The summed E-state index contributed by atoms with van der Waals surface area (Å²) in [6, 6.07) is 8.97. The van der Waals surface area contributed by atoms with Gasteiger partial charge in [0.25, 0.3) is 0 Å². The molecule has 2 rings (SSSR count). The molecule has 0 fully saturated rings. The highest BCUT2D eigenvalue weighted by molar-refractivity contribution is 5.25. The molecule has 1 aromatic carbocycles. The van der Waals surface area contributed by atoms with E-state index in [1.807, 2.05) is 25.0 Å². The fraction of sp³-hybridized carbons (Fsp3) is 0.471. The molecule has 114 valence electrons. The Hall–Kier alpha value is -1.65. The Morgan fingerprint density at radius 2 is 1.86 bits per heavy atom. The van der Waals surface area contributed by atoms with Crippen molar-refractivity contribution < 1.29 is 0 Å². The molecule has 21 heavy (non-hydrogen) atoms. The van der Waals surface area contributed by atoms with Crippen LogP contribution in [0.4, 0.5) is 0 Å². The number of benzene rings is 1. The van der Waals surface area contributed by atoms with E-state index >= 15 is 0 Å². The van der Waals surface area contributed by atoms with Crippen LogP contribution in [0.25, 0.3) is 0 Å². The van der Waals surface area contributed by atoms with Gasteiger partial charge in [-0.1, -0.05) is 31.2 Å². The molecule has 4 nitrogen and oxygen atoms in total. The van der Waals surface area contributed by atoms with Gasteiger partial charge in [0.15, 0.2) is 0 Å². The Balaban J connectivity index is 1.90. The minimum atomic E-state index is 0.553. The van der Waals surface area contributed by atoms with E-state index in [0.717, 1.165) is 19.6 Å². The first-order valence-electron chi connectivity index (χ1n) is 7.48. The average molecular weight is 286 g/mol. The molecule has 0 radical (unpaired) electrons. The largest absolute Gasteiger partial charge is 0.319 e. The van der Waals surface area contributed by atoms with Crippen LogP contribution in [-0.2, 0) is 20.1 Å². The number of hydrogen-bond acceptors (Lipinski definition) is 3. The van der Waals surface area contributed by atoms with Crippen molar-refractivity contribution in [2.24, 2.45) is 7.05 Å². The highest BCUT2D eigenvalue weighted by Gasteiger charge is 2.06. The molecular weight excluding hydrogens is 260 g/mol. The average Bonchev–Trinajstić information content (AvgIpc) is 2.85. The summed E-state index contributed by atoms with van der Waals surface area (Å²) >= 11 is 0. The van der Waals surface area contributed by atoms with Gasteiger partial charge in [0.05, 0.1) is 6.20 Å². The maximum atomic E-state index is 4.21. The highest BCUT2D eigenvalue weighted by Crippen LogP contribution is 2.16. The molecule has 0 saturated carbocycles. The maximum absolute atomic E-state index is 4.21. The second-order valence-corrected chi connectivity index (χ2v) is 5.89. The number of hydrogen-bond donors (Lipinski definition) is 1. The first-order valence-corrected chi connectivity index (χ1v) is 7.48. The van der Waals surface area contributed by atoms with Crippen LogP contribution in [0.1, 0.15) is 29.5 Å². The van der Waals surface area contributed by atoms with Crippen LogP contribution in [0.2, 0.25) is 0 Å². The molecule has 4 heteroatoms. The molecule has 0 aliphatic heterocycles. The molecular formula is C17H26N4. The van der Waals surface area contributed by atoms with Gasteiger partial charge in [-0.3, -0.25) is 9.58 Å². The lowest BCUT2D eigenvalue weighted by Crippen LogP contribution is -2.17. The molecule has 0 saturated heterocycles. The first-order chi connectivity index (χ1) is 10.1. The third-order valence-electron chi connectivity index (χ3n) is 3.72. The van der Waals surface area contributed by atoms with Gasteiger partial charge in [0.2, 0.25) is 0 Å². The van der Waals surface area contributed by atoms with Crippen molar-refractivity contribution in [1.82, 2.24) is 20.0 Å². The third kappa shape index (κ3) is 4.69. The van der Waals surface area contributed by atoms with Crippen LogP contribution >= 0.6 is 0 Å². The van der Waals surface area contributed by atoms with Crippen LogP contribution in [0, 0.1) is 0 Å². The molecule has 1 unspecified atom stereocenters. The fourth-order valence-corrected chi connectivity index (χ4v) is 2.61. The number of likely N-dealkylation sites (N-methyl/N-ethyl adjacent to an activating group) is 1. The molecule has 1 N–H and O–H groups in total. The molecule has 0 amide bonds. The lowest BCUT2D eigenvalue weighted by atomic mass is 10.00. The third-order valence-corrected chi connectivity index (χ3v) is 3.72. The Labute approximate surface area is 127 Å². The van der Waals surface area contributed by atoms with Crippen LogP contribution in [0.3, 0.4) is 0 Å². The van der Waals surface area contributed by atoms with Crippen molar-refractivity contribution in [3.8, 4) is 0 Å². The van der Waals surface area contributed by atoms with Gasteiger partial charge in [0, 0.05) is 38.4 Å². The van der Waals surface area contributed by atoms with E-state index in [2.05, 4.69) is 59.7 Å². The molecule has 0 aliphatic rings. The minimum Gasteiger partial charge on any atom is -0.319 e. The van der Waals surface area contributed by atoms with Crippen LogP contribution in [0.15, 0.2) is 36.7 Å². The summed E-state index contributed by atoms with van der Waals surface area (Å²) in [4.78, 5) is 2.31. The second-order valence-electron chi connectivity index (χ2n) is 5.89. The molecule has 1 atom stereocenters. The SMILES string of the molecule is CNCC(C)c1ccc(CN(C)Cc2cnn(C)c2)cc1. The van der Waals surface area contributed by atoms with Crippen molar-refractivity contribution in [2.45, 2.75) is 25.9 Å². The summed E-state index contributed by atoms with van der Waals surface area (Å²) < 4.78 is 1.85. The number of nitrogens with one attached hydrogen (secondary N) is 1. The van der Waals surface area contributed by atoms with Gasteiger partial charge in [-0.2, -0.15) is 5.10 Å². The summed E-state index contributed by atoms with van der Waals surface area (Å²) in [6.45, 7) is 5.14. The van der Waals surface area contributed by atoms with Gasteiger partial charge >= 0.3 is 0 Å². The van der Waals surface area contributed by atoms with Gasteiger partial charge in [-0.25, -0.2) is 0 Å². The smallest absolute Gasteiger partial charge is 0.0534 e. The molecule has 1 heterocycles. The monoisotopic (exact) mass is 286 g/mol. The number of aromatic nitrogens is 2. The van der Waals surface area contributed by atoms with Gasteiger partial charge < -0.3 is 5.32 Å². The van der Waals surface area contributed by atoms with Gasteiger partial charge in [0.1, 0.15) is 0 Å². The second kappa shape index (κ2) is 7.38. The van der Waals surface area contributed by atoms with Crippen molar-refractivity contribution in [3.05, 3.63) is 53.3 Å². The topological polar surface area (TPSA) is 33.1 Å². The number of nitrogens with zero attached hydrogens (tertiary/aromatic N) is 3. The maximum Gasteiger partial charge on any atom is 0.0534 e. The molecule has 1 aromatic heterocycles. The van der Waals surface area contributed by atoms with E-state index < -0.39 is 0 Å². The lowest BCUT2D eigenvalue weighted by Gasteiger charge is -2.17. The number of aryl methyl sites for hydroxylation is 1. The van der Waals surface area contributed by atoms with Crippen molar-refractivity contribution in [3.63, 3.8) is 0 Å². The predicted octanol–water partition coefficient (Wildman–Crippen LogP) is 2.38. The quantitative estimate of drug-likeness (QED) is 0.848. The Morgan fingerprint density at radius 3 is 2.43 bits per heavy atom. The summed E-state index contributed by atoms with van der Waals surface area (Å²) in [5.74, 6) is 0.553. The molecule has 0 spiro atoms. The first kappa shape index (κ1) is 15.7. The van der Waals surface area contributed by atoms with Crippen LogP contribution in [-0.4, -0.2) is 35.3 Å². The zero-order valence-electron chi connectivity index (χ0n) is 13.5. The summed E-state index contributed by atoms with van der Waals surface area (Å²) in [6.07, 6.45) is 4.00. The zero-order valence-corrected chi connectivity index (χ0v) is 13.5. The van der Waals surface area contributed by atoms with Gasteiger partial charge in [-0.05, 0) is 31.1 Å². The Kier molecular flexibility index (Phi) is 5.53. The Morgan fingerprint density at radius 1 is 1.19 bits per heavy atom. The van der Waals surface area contributed by atoms with Crippen LogP contribution < -0.4 is 5.32 Å². The Bertz CT molecular complexity index is 544. The van der Waals surface area contributed by atoms with Gasteiger partial charge in [-0.15, -0.1) is 0 Å². The highest BCUT2D eigenvalue weighted by atomic mass is 15.2. The normalized spacial score (nSPS) is 12.8. The van der Waals surface area contributed by atoms with E-state index in [-0.39, 0.29) is 0 Å². The van der Waals surface area contributed by atoms with E-state index in [9.17, 15) is 0 Å². The van der Waals surface area contributed by atoms with Crippen LogP contribution in [0.5, 0.6) is 0 Å². The lowest BCUT2D eigenvalue weighted by molar-refractivity contribution is 0.319. The summed E-state index contributed by atoms with van der Waals surface area (Å²) in [7, 11) is 6.09. The zero-order chi connectivity index (χ0) is 15.2. The van der Waals surface area contributed by atoms with Crippen molar-refractivity contribution >= 4 is 0 Å². The van der Waals surface area contributed by atoms with Crippen molar-refractivity contribution in [2.75, 3.05) is 20.6 Å². The van der Waals surface area contributed by atoms with Crippen molar-refractivity contribution in [1.29, 1.82) is 0 Å². The van der Waals surface area contributed by atoms with E-state index in [4.69, 9.17) is 0 Å².